The van der Waals surface area contributed by atoms with E-state index in [-0.39, 0.29) is 10.5 Å². The van der Waals surface area contributed by atoms with Crippen LogP contribution >= 0.6 is 12.2 Å². The van der Waals surface area contributed by atoms with E-state index in [2.05, 4.69) is 10.00 Å². The fraction of sp³-hybridized carbons (Fsp3) is 0.250. The lowest BCUT2D eigenvalue weighted by Gasteiger charge is -2.33. The van der Waals surface area contributed by atoms with Crippen LogP contribution in [0.5, 0.6) is 0 Å². The van der Waals surface area contributed by atoms with Crippen molar-refractivity contribution in [3.05, 3.63) is 71.3 Å². The summed E-state index contributed by atoms with van der Waals surface area (Å²) in [5.41, 5.74) is 1.11. The van der Waals surface area contributed by atoms with Gasteiger partial charge in [0, 0.05) is 31.9 Å². The molecule has 1 fully saturated rings. The molecule has 3 aromatic rings. The predicted molar refractivity (Wildman–Crippen MR) is 114 cm³/mol. The van der Waals surface area contributed by atoms with E-state index in [1.807, 2.05) is 41.0 Å². The highest BCUT2D eigenvalue weighted by Gasteiger charge is 2.30. The summed E-state index contributed by atoms with van der Waals surface area (Å²) in [5, 5.41) is 13.6. The molecule has 8 nitrogen and oxygen atoms in total. The van der Waals surface area contributed by atoms with E-state index >= 15 is 0 Å². The van der Waals surface area contributed by atoms with E-state index in [0.717, 1.165) is 5.69 Å². The molecule has 2 heterocycles. The summed E-state index contributed by atoms with van der Waals surface area (Å²) in [6.07, 6.45) is 1.69. The highest BCUT2D eigenvalue weighted by atomic mass is 32.2. The average molecular weight is 441 g/mol. The minimum absolute atomic E-state index is 0.0600. The van der Waals surface area contributed by atoms with Crippen molar-refractivity contribution in [1.82, 2.24) is 23.6 Å². The van der Waals surface area contributed by atoms with Crippen LogP contribution in [0.15, 0.2) is 65.8 Å². The topological polar surface area (TPSA) is 87.2 Å². The highest BCUT2D eigenvalue weighted by Crippen LogP contribution is 2.21. The first-order chi connectivity index (χ1) is 14.5. The molecule has 10 heteroatoms. The third-order valence-electron chi connectivity index (χ3n) is 5.06. The van der Waals surface area contributed by atoms with Crippen LogP contribution in [-0.2, 0) is 16.7 Å². The third kappa shape index (κ3) is 3.93. The molecule has 0 bridgehead atoms. The van der Waals surface area contributed by atoms with Crippen molar-refractivity contribution in [2.45, 2.75) is 11.6 Å². The molecule has 1 aromatic heterocycles. The molecule has 0 saturated carbocycles. The molecule has 0 unspecified atom stereocenters. The van der Waals surface area contributed by atoms with Gasteiger partial charge in [0.2, 0.25) is 14.8 Å². The Balaban J connectivity index is 1.44. The van der Waals surface area contributed by atoms with Gasteiger partial charge in [-0.3, -0.25) is 9.47 Å². The number of hydrogen-bond acceptors (Lipinski definition) is 6. The van der Waals surface area contributed by atoms with E-state index in [1.165, 1.54) is 16.4 Å². The minimum atomic E-state index is -3.70. The standard InChI is InChI=1S/C20H20N6O2S2/c21-14-17-6-4-5-9-19(17)30(27,28)24-12-10-23(11-13-24)16-26-20(29)25(15-22-26)18-7-2-1-3-8-18/h1-9,15H,10-13,16H2. The van der Waals surface area contributed by atoms with Gasteiger partial charge < -0.3 is 0 Å². The van der Waals surface area contributed by atoms with Gasteiger partial charge in [0.05, 0.1) is 17.1 Å². The maximum atomic E-state index is 13.0. The van der Waals surface area contributed by atoms with Gasteiger partial charge in [-0.05, 0) is 36.5 Å². The van der Waals surface area contributed by atoms with Crippen molar-refractivity contribution < 1.29 is 8.42 Å². The third-order valence-corrected chi connectivity index (χ3v) is 7.42. The zero-order valence-electron chi connectivity index (χ0n) is 16.1. The van der Waals surface area contributed by atoms with Crippen LogP contribution in [0.2, 0.25) is 0 Å². The summed E-state index contributed by atoms with van der Waals surface area (Å²) >= 11 is 5.55. The Hall–Kier alpha value is -2.84. The Labute approximate surface area is 180 Å². The Bertz CT molecular complexity index is 1240. The Kier molecular flexibility index (Phi) is 5.78. The maximum Gasteiger partial charge on any atom is 0.244 e. The van der Waals surface area contributed by atoms with Gasteiger partial charge in [-0.2, -0.15) is 14.7 Å². The molecule has 1 saturated heterocycles. The summed E-state index contributed by atoms with van der Waals surface area (Å²) in [7, 11) is -3.70. The summed E-state index contributed by atoms with van der Waals surface area (Å²) in [6.45, 7) is 2.27. The summed E-state index contributed by atoms with van der Waals surface area (Å²) < 4.78 is 31.5. The number of piperazine rings is 1. The van der Waals surface area contributed by atoms with Crippen molar-refractivity contribution in [2.75, 3.05) is 26.2 Å². The number of para-hydroxylation sites is 1. The molecule has 154 valence electrons. The van der Waals surface area contributed by atoms with Gasteiger partial charge >= 0.3 is 0 Å². The number of hydrogen-bond donors (Lipinski definition) is 0. The molecular formula is C20H20N6O2S2. The summed E-state index contributed by atoms with van der Waals surface area (Å²) in [4.78, 5) is 2.17. The lowest BCUT2D eigenvalue weighted by molar-refractivity contribution is 0.144. The SMILES string of the molecule is N#Cc1ccccc1S(=O)(=O)N1CCN(Cn2ncn(-c3ccccc3)c2=S)CC1. The molecule has 1 aliphatic heterocycles. The smallest absolute Gasteiger partial charge is 0.244 e. The van der Waals surface area contributed by atoms with E-state index in [9.17, 15) is 13.7 Å². The number of nitrogens with zero attached hydrogens (tertiary/aromatic N) is 6. The lowest BCUT2D eigenvalue weighted by atomic mass is 10.2. The van der Waals surface area contributed by atoms with E-state index in [4.69, 9.17) is 12.2 Å². The van der Waals surface area contributed by atoms with Gasteiger partial charge in [0.25, 0.3) is 0 Å². The van der Waals surface area contributed by atoms with Crippen molar-refractivity contribution in [3.8, 4) is 11.8 Å². The molecule has 0 aliphatic carbocycles. The molecule has 0 atom stereocenters. The van der Waals surface area contributed by atoms with Gasteiger partial charge in [-0.1, -0.05) is 30.3 Å². The van der Waals surface area contributed by atoms with Crippen LogP contribution in [0, 0.1) is 16.1 Å². The van der Waals surface area contributed by atoms with Gasteiger partial charge in [-0.15, -0.1) is 0 Å². The zero-order chi connectivity index (χ0) is 21.1. The van der Waals surface area contributed by atoms with Crippen molar-refractivity contribution in [3.63, 3.8) is 0 Å². The normalized spacial score (nSPS) is 15.7. The lowest BCUT2D eigenvalue weighted by Crippen LogP contribution is -2.49. The van der Waals surface area contributed by atoms with E-state index < -0.39 is 10.0 Å². The summed E-state index contributed by atoms with van der Waals surface area (Å²) in [5.74, 6) is 0. The number of aromatic nitrogens is 3. The van der Waals surface area contributed by atoms with Crippen molar-refractivity contribution in [1.29, 1.82) is 5.26 Å². The average Bonchev–Trinajstić information content (AvgIpc) is 3.14. The molecule has 30 heavy (non-hydrogen) atoms. The quantitative estimate of drug-likeness (QED) is 0.566. The maximum absolute atomic E-state index is 13.0. The zero-order valence-corrected chi connectivity index (χ0v) is 17.8. The molecule has 0 spiro atoms. The molecule has 4 rings (SSSR count). The highest BCUT2D eigenvalue weighted by molar-refractivity contribution is 7.89. The second-order valence-electron chi connectivity index (χ2n) is 6.89. The molecule has 2 aromatic carbocycles. The van der Waals surface area contributed by atoms with Gasteiger partial charge in [0.1, 0.15) is 12.4 Å². The Morgan fingerprint density at radius 1 is 1.00 bits per heavy atom. The minimum Gasteiger partial charge on any atom is -0.282 e. The fourth-order valence-corrected chi connectivity index (χ4v) is 5.25. The number of rotatable bonds is 5. The largest absolute Gasteiger partial charge is 0.282 e. The van der Waals surface area contributed by atoms with E-state index in [1.54, 1.807) is 23.1 Å². The monoisotopic (exact) mass is 440 g/mol. The second kappa shape index (κ2) is 8.49. The summed E-state index contributed by atoms with van der Waals surface area (Å²) in [6, 6.07) is 18.0. The predicted octanol–water partition coefficient (Wildman–Crippen LogP) is 2.24. The van der Waals surface area contributed by atoms with Crippen LogP contribution in [0.4, 0.5) is 0 Å². The molecule has 0 radical (unpaired) electrons. The van der Waals surface area contributed by atoms with Crippen LogP contribution in [-0.4, -0.2) is 58.1 Å². The fourth-order valence-electron chi connectivity index (χ4n) is 3.42. The first kappa shape index (κ1) is 20.4. The number of benzene rings is 2. The first-order valence-corrected chi connectivity index (χ1v) is 11.3. The van der Waals surface area contributed by atoms with Gasteiger partial charge in [0.15, 0.2) is 0 Å². The van der Waals surface area contributed by atoms with Gasteiger partial charge in [-0.25, -0.2) is 13.1 Å². The molecular weight excluding hydrogens is 420 g/mol. The van der Waals surface area contributed by atoms with Crippen molar-refractivity contribution in [2.24, 2.45) is 0 Å². The van der Waals surface area contributed by atoms with Crippen LogP contribution in [0.1, 0.15) is 5.56 Å². The number of nitriles is 1. The van der Waals surface area contributed by atoms with Crippen LogP contribution < -0.4 is 0 Å². The molecule has 1 aliphatic rings. The molecule has 0 amide bonds. The van der Waals surface area contributed by atoms with Crippen LogP contribution in [0.3, 0.4) is 0 Å². The van der Waals surface area contributed by atoms with Crippen LogP contribution in [0.25, 0.3) is 5.69 Å². The molecule has 0 N–H and O–H groups in total. The Morgan fingerprint density at radius 3 is 2.37 bits per heavy atom. The first-order valence-electron chi connectivity index (χ1n) is 9.42. The second-order valence-corrected chi connectivity index (χ2v) is 9.16. The van der Waals surface area contributed by atoms with Crippen molar-refractivity contribution >= 4 is 22.2 Å². The Morgan fingerprint density at radius 2 is 1.67 bits per heavy atom. The number of sulfonamides is 1. The van der Waals surface area contributed by atoms with E-state index in [0.29, 0.717) is 37.6 Å².